The number of likely N-dealkylation sites (N-methyl/N-ethyl adjacent to an activating group) is 1. The highest BCUT2D eigenvalue weighted by Crippen LogP contribution is 2.17. The highest BCUT2D eigenvalue weighted by Gasteiger charge is 2.18. The van der Waals surface area contributed by atoms with Crippen molar-refractivity contribution in [2.24, 2.45) is 0 Å². The van der Waals surface area contributed by atoms with Gasteiger partial charge in [-0.3, -0.25) is 4.79 Å². The standard InChI is InChI=1S/C18H21N5O/c1-13-8-9-16(19-12-13)21-18(24)17-20-14-6-4-5-7-15(14)23(17)11-10-22(2)3/h4-9,12H,10-11H2,1-3H3,(H,19,21,24). The van der Waals surface area contributed by atoms with Crippen LogP contribution in [0.2, 0.25) is 0 Å². The van der Waals surface area contributed by atoms with Crippen molar-refractivity contribution in [1.29, 1.82) is 0 Å². The average Bonchev–Trinajstić information content (AvgIpc) is 2.94. The second-order valence-corrected chi connectivity index (χ2v) is 6.05. The molecular weight excluding hydrogens is 302 g/mol. The van der Waals surface area contributed by atoms with Gasteiger partial charge in [-0.1, -0.05) is 18.2 Å². The third-order valence-electron chi connectivity index (χ3n) is 3.78. The summed E-state index contributed by atoms with van der Waals surface area (Å²) in [5, 5.41) is 2.83. The largest absolute Gasteiger partial charge is 0.319 e. The molecule has 0 aliphatic heterocycles. The third-order valence-corrected chi connectivity index (χ3v) is 3.78. The molecule has 1 amide bonds. The molecule has 0 saturated heterocycles. The smallest absolute Gasteiger partial charge is 0.292 e. The van der Waals surface area contributed by atoms with Crippen LogP contribution in [0, 0.1) is 6.92 Å². The third kappa shape index (κ3) is 3.44. The normalized spacial score (nSPS) is 11.2. The van der Waals surface area contributed by atoms with Gasteiger partial charge in [-0.25, -0.2) is 9.97 Å². The fourth-order valence-corrected chi connectivity index (χ4v) is 2.49. The maximum Gasteiger partial charge on any atom is 0.292 e. The summed E-state index contributed by atoms with van der Waals surface area (Å²) >= 11 is 0. The molecule has 3 rings (SSSR count). The van der Waals surface area contributed by atoms with Crippen LogP contribution in [0.15, 0.2) is 42.6 Å². The summed E-state index contributed by atoms with van der Waals surface area (Å²) in [6, 6.07) is 11.5. The van der Waals surface area contributed by atoms with Crippen molar-refractivity contribution in [2.45, 2.75) is 13.5 Å². The molecule has 0 fully saturated rings. The van der Waals surface area contributed by atoms with Gasteiger partial charge in [-0.15, -0.1) is 0 Å². The average molecular weight is 323 g/mol. The molecule has 0 saturated carbocycles. The zero-order chi connectivity index (χ0) is 17.1. The molecule has 3 aromatic rings. The molecule has 2 aromatic heterocycles. The van der Waals surface area contributed by atoms with Crippen molar-refractivity contribution in [1.82, 2.24) is 19.4 Å². The Hall–Kier alpha value is -2.73. The quantitative estimate of drug-likeness (QED) is 0.784. The SMILES string of the molecule is Cc1ccc(NC(=O)c2nc3ccccc3n2CCN(C)C)nc1. The summed E-state index contributed by atoms with van der Waals surface area (Å²) in [5.74, 6) is 0.679. The van der Waals surface area contributed by atoms with Crippen molar-refractivity contribution >= 4 is 22.8 Å². The summed E-state index contributed by atoms with van der Waals surface area (Å²) in [7, 11) is 4.02. The summed E-state index contributed by atoms with van der Waals surface area (Å²) in [4.78, 5) is 23.5. The van der Waals surface area contributed by atoms with Crippen LogP contribution in [-0.2, 0) is 6.54 Å². The van der Waals surface area contributed by atoms with Gasteiger partial charge < -0.3 is 14.8 Å². The fourth-order valence-electron chi connectivity index (χ4n) is 2.49. The van der Waals surface area contributed by atoms with Crippen LogP contribution >= 0.6 is 0 Å². The van der Waals surface area contributed by atoms with Crippen molar-refractivity contribution in [3.63, 3.8) is 0 Å². The van der Waals surface area contributed by atoms with Gasteiger partial charge in [0.05, 0.1) is 11.0 Å². The molecule has 0 aliphatic carbocycles. The Labute approximate surface area is 141 Å². The van der Waals surface area contributed by atoms with Gasteiger partial charge in [0.2, 0.25) is 0 Å². The predicted molar refractivity (Wildman–Crippen MR) is 95.2 cm³/mol. The number of benzene rings is 1. The highest BCUT2D eigenvalue weighted by atomic mass is 16.2. The van der Waals surface area contributed by atoms with E-state index in [0.717, 1.165) is 23.1 Å². The lowest BCUT2D eigenvalue weighted by atomic mass is 10.3. The van der Waals surface area contributed by atoms with Gasteiger partial charge in [-0.05, 0) is 44.8 Å². The molecule has 0 atom stereocenters. The topological polar surface area (TPSA) is 63.1 Å². The van der Waals surface area contributed by atoms with E-state index in [9.17, 15) is 4.79 Å². The number of imidazole rings is 1. The van der Waals surface area contributed by atoms with Crippen LogP contribution in [0.1, 0.15) is 16.2 Å². The zero-order valence-electron chi connectivity index (χ0n) is 14.2. The van der Waals surface area contributed by atoms with Crippen LogP contribution in [-0.4, -0.2) is 46.0 Å². The zero-order valence-corrected chi connectivity index (χ0v) is 14.2. The number of carbonyl (C=O) groups is 1. The summed E-state index contributed by atoms with van der Waals surface area (Å²) in [5.41, 5.74) is 2.82. The number of nitrogens with one attached hydrogen (secondary N) is 1. The van der Waals surface area contributed by atoms with Gasteiger partial charge >= 0.3 is 0 Å². The predicted octanol–water partition coefficient (Wildman–Crippen LogP) is 2.55. The maximum atomic E-state index is 12.7. The number of fused-ring (bicyclic) bond motifs is 1. The van der Waals surface area contributed by atoms with E-state index >= 15 is 0 Å². The molecule has 1 aromatic carbocycles. The first-order valence-electron chi connectivity index (χ1n) is 7.88. The van der Waals surface area contributed by atoms with E-state index in [1.54, 1.807) is 12.3 Å². The van der Waals surface area contributed by atoms with E-state index in [0.29, 0.717) is 18.2 Å². The molecule has 6 nitrogen and oxygen atoms in total. The maximum absolute atomic E-state index is 12.7. The van der Waals surface area contributed by atoms with Crippen LogP contribution in [0.5, 0.6) is 0 Å². The lowest BCUT2D eigenvalue weighted by molar-refractivity contribution is 0.101. The molecule has 0 bridgehead atoms. The number of para-hydroxylation sites is 2. The molecule has 24 heavy (non-hydrogen) atoms. The Morgan fingerprint density at radius 2 is 2.00 bits per heavy atom. The fraction of sp³-hybridized carbons (Fsp3) is 0.278. The minimum atomic E-state index is -0.249. The minimum Gasteiger partial charge on any atom is -0.319 e. The van der Waals surface area contributed by atoms with Gasteiger partial charge in [0.15, 0.2) is 5.82 Å². The van der Waals surface area contributed by atoms with E-state index < -0.39 is 0 Å². The number of pyridine rings is 1. The van der Waals surface area contributed by atoms with E-state index in [-0.39, 0.29) is 5.91 Å². The monoisotopic (exact) mass is 323 g/mol. The summed E-state index contributed by atoms with van der Waals surface area (Å²) < 4.78 is 1.96. The number of carbonyl (C=O) groups excluding carboxylic acids is 1. The molecule has 0 spiro atoms. The minimum absolute atomic E-state index is 0.249. The number of anilines is 1. The molecule has 124 valence electrons. The first kappa shape index (κ1) is 16.1. The molecule has 0 radical (unpaired) electrons. The molecule has 6 heteroatoms. The van der Waals surface area contributed by atoms with Crippen LogP contribution in [0.3, 0.4) is 0 Å². The molecule has 0 unspecified atom stereocenters. The van der Waals surface area contributed by atoms with Crippen molar-refractivity contribution < 1.29 is 4.79 Å². The van der Waals surface area contributed by atoms with Gasteiger partial charge in [-0.2, -0.15) is 0 Å². The Bertz CT molecular complexity index is 851. The van der Waals surface area contributed by atoms with E-state index in [4.69, 9.17) is 0 Å². The second kappa shape index (κ2) is 6.80. The van der Waals surface area contributed by atoms with Crippen LogP contribution in [0.25, 0.3) is 11.0 Å². The Morgan fingerprint density at radius 3 is 2.71 bits per heavy atom. The number of hydrogen-bond donors (Lipinski definition) is 1. The van der Waals surface area contributed by atoms with Crippen molar-refractivity contribution in [3.8, 4) is 0 Å². The lowest BCUT2D eigenvalue weighted by Crippen LogP contribution is -2.23. The molecule has 1 N–H and O–H groups in total. The van der Waals surface area contributed by atoms with Crippen molar-refractivity contribution in [2.75, 3.05) is 26.0 Å². The molecular formula is C18H21N5O. The molecule has 2 heterocycles. The molecule has 0 aliphatic rings. The second-order valence-electron chi connectivity index (χ2n) is 6.05. The number of hydrogen-bond acceptors (Lipinski definition) is 4. The first-order chi connectivity index (χ1) is 11.5. The van der Waals surface area contributed by atoms with Gasteiger partial charge in [0.25, 0.3) is 5.91 Å². The number of amides is 1. The number of rotatable bonds is 5. The van der Waals surface area contributed by atoms with E-state index in [1.807, 2.05) is 55.9 Å². The van der Waals surface area contributed by atoms with E-state index in [2.05, 4.69) is 20.2 Å². The van der Waals surface area contributed by atoms with Gasteiger partial charge in [0.1, 0.15) is 5.82 Å². The Morgan fingerprint density at radius 1 is 1.21 bits per heavy atom. The lowest BCUT2D eigenvalue weighted by Gasteiger charge is -2.13. The Kier molecular flexibility index (Phi) is 4.57. The number of aromatic nitrogens is 3. The summed E-state index contributed by atoms with van der Waals surface area (Å²) in [6.45, 7) is 3.47. The van der Waals surface area contributed by atoms with Gasteiger partial charge in [0, 0.05) is 19.3 Å². The first-order valence-corrected chi connectivity index (χ1v) is 7.88. The highest BCUT2D eigenvalue weighted by molar-refractivity contribution is 6.03. The van der Waals surface area contributed by atoms with Crippen LogP contribution in [0.4, 0.5) is 5.82 Å². The number of aryl methyl sites for hydroxylation is 1. The Balaban J connectivity index is 1.93. The summed E-state index contributed by atoms with van der Waals surface area (Å²) in [6.07, 6.45) is 1.73. The van der Waals surface area contributed by atoms with E-state index in [1.165, 1.54) is 0 Å². The number of nitrogens with zero attached hydrogens (tertiary/aromatic N) is 4. The van der Waals surface area contributed by atoms with Crippen LogP contribution < -0.4 is 5.32 Å². The van der Waals surface area contributed by atoms with Crippen molar-refractivity contribution in [3.05, 3.63) is 54.0 Å².